The fourth-order valence-corrected chi connectivity index (χ4v) is 2.64. The maximum absolute atomic E-state index is 14.0. The number of hydrogen-bond acceptors (Lipinski definition) is 3. The van der Waals surface area contributed by atoms with Gasteiger partial charge in [0.05, 0.1) is 12.4 Å². The minimum atomic E-state index is -1.68. The summed E-state index contributed by atoms with van der Waals surface area (Å²) < 4.78 is 15.9. The van der Waals surface area contributed by atoms with Crippen molar-refractivity contribution in [3.8, 4) is 0 Å². The van der Waals surface area contributed by atoms with Crippen LogP contribution in [0.4, 0.5) is 4.39 Å². The van der Waals surface area contributed by atoms with E-state index in [1.54, 1.807) is 12.5 Å². The summed E-state index contributed by atoms with van der Waals surface area (Å²) in [5.74, 6) is -1.58. The zero-order valence-corrected chi connectivity index (χ0v) is 11.8. The summed E-state index contributed by atoms with van der Waals surface area (Å²) in [5, 5.41) is 0. The molecule has 1 aliphatic heterocycles. The van der Waals surface area contributed by atoms with Crippen LogP contribution in [0, 0.1) is 5.92 Å². The number of imidazole rings is 1. The zero-order chi connectivity index (χ0) is 14.7. The van der Waals surface area contributed by atoms with Gasteiger partial charge in [0.25, 0.3) is 11.7 Å². The van der Waals surface area contributed by atoms with Gasteiger partial charge in [0, 0.05) is 25.5 Å². The topological polar surface area (TPSA) is 55.2 Å². The number of Topliss-reactive ketones (excluding diaryl/α,β-unsaturated/α-hetero) is 1. The molecule has 0 saturated carbocycles. The van der Waals surface area contributed by atoms with Crippen LogP contribution in [0.25, 0.3) is 0 Å². The zero-order valence-electron chi connectivity index (χ0n) is 11.8. The number of amides is 1. The van der Waals surface area contributed by atoms with Crippen molar-refractivity contribution in [2.24, 2.45) is 5.92 Å². The van der Waals surface area contributed by atoms with Gasteiger partial charge in [-0.15, -0.1) is 0 Å². The molecule has 1 amide bonds. The summed E-state index contributed by atoms with van der Waals surface area (Å²) in [7, 11) is 0. The van der Waals surface area contributed by atoms with Gasteiger partial charge in [-0.1, -0.05) is 20.3 Å². The molecule has 0 bridgehead atoms. The molecule has 0 radical (unpaired) electrons. The average Bonchev–Trinajstić information content (AvgIpc) is 3.02. The van der Waals surface area contributed by atoms with E-state index in [9.17, 15) is 14.0 Å². The molecule has 1 fully saturated rings. The van der Waals surface area contributed by atoms with Gasteiger partial charge in [-0.3, -0.25) is 9.59 Å². The molecule has 2 rings (SSSR count). The van der Waals surface area contributed by atoms with E-state index in [-0.39, 0.29) is 5.92 Å². The van der Waals surface area contributed by atoms with Crippen molar-refractivity contribution in [2.45, 2.75) is 45.4 Å². The van der Waals surface area contributed by atoms with Gasteiger partial charge in [-0.2, -0.15) is 0 Å². The number of carbonyl (C=O) groups is 2. The minimum absolute atomic E-state index is 0.0198. The molecule has 3 atom stereocenters. The number of nitrogens with zero attached hydrogens (tertiary/aromatic N) is 3. The minimum Gasteiger partial charge on any atom is -0.337 e. The van der Waals surface area contributed by atoms with Crippen molar-refractivity contribution in [2.75, 3.05) is 6.54 Å². The standard InChI is InChI=1S/C14H20FN3O2/c1-3-10(2)12-11(15)13(19)14(20)18(12)7-4-6-17-8-5-16-9-17/h5,8-12H,3-4,6-7H2,1-2H3. The predicted molar refractivity (Wildman–Crippen MR) is 71.7 cm³/mol. The molecule has 0 spiro atoms. The van der Waals surface area contributed by atoms with Crippen LogP contribution in [0.2, 0.25) is 0 Å². The number of rotatable bonds is 6. The Bertz CT molecular complexity index is 475. The van der Waals surface area contributed by atoms with E-state index in [2.05, 4.69) is 4.98 Å². The van der Waals surface area contributed by atoms with E-state index in [0.717, 1.165) is 6.42 Å². The summed E-state index contributed by atoms with van der Waals surface area (Å²) in [6.07, 6.45) is 4.95. The largest absolute Gasteiger partial charge is 0.337 e. The molecule has 1 aromatic rings. The lowest BCUT2D eigenvalue weighted by Crippen LogP contribution is -2.41. The maximum Gasteiger partial charge on any atom is 0.293 e. The maximum atomic E-state index is 14.0. The number of halogens is 1. The second kappa shape index (κ2) is 6.15. The number of aryl methyl sites for hydroxylation is 1. The molecule has 0 aliphatic carbocycles. The van der Waals surface area contributed by atoms with E-state index in [0.29, 0.717) is 19.5 Å². The number of likely N-dealkylation sites (tertiary alicyclic amines) is 1. The SMILES string of the molecule is CCC(C)C1C(F)C(=O)C(=O)N1CCCn1ccnc1. The fraction of sp³-hybridized carbons (Fsp3) is 0.643. The number of ketones is 1. The highest BCUT2D eigenvalue weighted by Gasteiger charge is 2.49. The number of hydrogen-bond donors (Lipinski definition) is 0. The van der Waals surface area contributed by atoms with E-state index in [1.807, 2.05) is 24.6 Å². The molecule has 110 valence electrons. The molecule has 0 N–H and O–H groups in total. The first kappa shape index (κ1) is 14.7. The van der Waals surface area contributed by atoms with Gasteiger partial charge in [0.2, 0.25) is 0 Å². The van der Waals surface area contributed by atoms with Crippen LogP contribution in [-0.4, -0.2) is 44.9 Å². The monoisotopic (exact) mass is 281 g/mol. The van der Waals surface area contributed by atoms with Crippen molar-refractivity contribution < 1.29 is 14.0 Å². The van der Waals surface area contributed by atoms with Crippen LogP contribution >= 0.6 is 0 Å². The van der Waals surface area contributed by atoms with Crippen molar-refractivity contribution in [1.29, 1.82) is 0 Å². The third-order valence-electron chi connectivity index (χ3n) is 3.98. The van der Waals surface area contributed by atoms with Gasteiger partial charge >= 0.3 is 0 Å². The summed E-state index contributed by atoms with van der Waals surface area (Å²) in [5.41, 5.74) is 0. The van der Waals surface area contributed by atoms with Gasteiger partial charge in [0.15, 0.2) is 6.17 Å². The molecule has 6 heteroatoms. The van der Waals surface area contributed by atoms with Gasteiger partial charge in [0.1, 0.15) is 0 Å². The van der Waals surface area contributed by atoms with E-state index in [1.165, 1.54) is 4.90 Å². The highest BCUT2D eigenvalue weighted by Crippen LogP contribution is 2.27. The molecule has 1 aromatic heterocycles. The lowest BCUT2D eigenvalue weighted by molar-refractivity contribution is -0.141. The van der Waals surface area contributed by atoms with Crippen LogP contribution in [-0.2, 0) is 16.1 Å². The highest BCUT2D eigenvalue weighted by atomic mass is 19.1. The molecule has 20 heavy (non-hydrogen) atoms. The number of carbonyl (C=O) groups excluding carboxylic acids is 2. The summed E-state index contributed by atoms with van der Waals surface area (Å²) in [6.45, 7) is 4.92. The molecule has 3 unspecified atom stereocenters. The van der Waals surface area contributed by atoms with Gasteiger partial charge in [-0.25, -0.2) is 9.37 Å². The van der Waals surface area contributed by atoms with Crippen LogP contribution in [0.15, 0.2) is 18.7 Å². The fourth-order valence-electron chi connectivity index (χ4n) is 2.64. The van der Waals surface area contributed by atoms with E-state index in [4.69, 9.17) is 0 Å². The van der Waals surface area contributed by atoms with Crippen molar-refractivity contribution in [3.05, 3.63) is 18.7 Å². The Hall–Kier alpha value is -1.72. The smallest absolute Gasteiger partial charge is 0.293 e. The van der Waals surface area contributed by atoms with E-state index < -0.39 is 23.9 Å². The molecular formula is C14H20FN3O2. The first-order valence-electron chi connectivity index (χ1n) is 7.00. The first-order chi connectivity index (χ1) is 9.56. The third kappa shape index (κ3) is 2.73. The Morgan fingerprint density at radius 2 is 2.15 bits per heavy atom. The van der Waals surface area contributed by atoms with Crippen LogP contribution in [0.1, 0.15) is 26.7 Å². The highest BCUT2D eigenvalue weighted by molar-refractivity contribution is 6.40. The summed E-state index contributed by atoms with van der Waals surface area (Å²) in [4.78, 5) is 28.8. The number of alkyl halides is 1. The molecule has 1 saturated heterocycles. The predicted octanol–water partition coefficient (Wildman–Crippen LogP) is 1.44. The van der Waals surface area contributed by atoms with Crippen LogP contribution in [0.3, 0.4) is 0 Å². The molecule has 1 aliphatic rings. The Balaban J connectivity index is 1.99. The lowest BCUT2D eigenvalue weighted by Gasteiger charge is -2.29. The summed E-state index contributed by atoms with van der Waals surface area (Å²) in [6, 6.07) is -0.609. The van der Waals surface area contributed by atoms with Gasteiger partial charge in [-0.05, 0) is 12.3 Å². The Morgan fingerprint density at radius 3 is 2.75 bits per heavy atom. The molecule has 5 nitrogen and oxygen atoms in total. The second-order valence-electron chi connectivity index (χ2n) is 5.29. The van der Waals surface area contributed by atoms with Crippen molar-refractivity contribution in [3.63, 3.8) is 0 Å². The Labute approximate surface area is 117 Å². The molecule has 0 aromatic carbocycles. The van der Waals surface area contributed by atoms with Gasteiger partial charge < -0.3 is 9.47 Å². The quantitative estimate of drug-likeness (QED) is 0.741. The molecular weight excluding hydrogens is 261 g/mol. The molecule has 2 heterocycles. The third-order valence-corrected chi connectivity index (χ3v) is 3.98. The lowest BCUT2D eigenvalue weighted by atomic mass is 9.95. The number of aromatic nitrogens is 2. The first-order valence-corrected chi connectivity index (χ1v) is 7.00. The van der Waals surface area contributed by atoms with Crippen molar-refractivity contribution in [1.82, 2.24) is 14.5 Å². The Kier molecular flexibility index (Phi) is 4.52. The normalized spacial score (nSPS) is 24.4. The summed E-state index contributed by atoms with van der Waals surface area (Å²) >= 11 is 0. The van der Waals surface area contributed by atoms with Crippen LogP contribution < -0.4 is 0 Å². The van der Waals surface area contributed by atoms with Crippen molar-refractivity contribution >= 4 is 11.7 Å². The van der Waals surface area contributed by atoms with E-state index >= 15 is 0 Å². The Morgan fingerprint density at radius 1 is 1.40 bits per heavy atom. The average molecular weight is 281 g/mol. The van der Waals surface area contributed by atoms with Crippen LogP contribution in [0.5, 0.6) is 0 Å². The second-order valence-corrected chi connectivity index (χ2v) is 5.29.